The molecule has 0 bridgehead atoms. The molecule has 0 saturated carbocycles. The van der Waals surface area contributed by atoms with Crippen LogP contribution in [0.1, 0.15) is 6.92 Å². The summed E-state index contributed by atoms with van der Waals surface area (Å²) in [6, 6.07) is 0. The largest absolute Gasteiger partial charge is 0.396 e. The number of aliphatic hydroxyl groups excluding tert-OH is 2. The first-order chi connectivity index (χ1) is 6.27. The van der Waals surface area contributed by atoms with Gasteiger partial charge in [-0.15, -0.1) is 0 Å². The molecule has 2 atom stereocenters. The molecular formula is C9H19NO2S. The molecule has 0 aromatic carbocycles. The van der Waals surface area contributed by atoms with Gasteiger partial charge in [-0.2, -0.15) is 11.8 Å². The molecule has 0 aromatic rings. The Bertz CT molecular complexity index is 146. The van der Waals surface area contributed by atoms with Crippen LogP contribution < -0.4 is 0 Å². The summed E-state index contributed by atoms with van der Waals surface area (Å²) in [5, 5.41) is 18.3. The van der Waals surface area contributed by atoms with E-state index in [1.807, 2.05) is 0 Å². The van der Waals surface area contributed by atoms with Crippen molar-refractivity contribution in [3.63, 3.8) is 0 Å². The van der Waals surface area contributed by atoms with E-state index in [1.54, 1.807) is 11.8 Å². The molecule has 0 unspecified atom stereocenters. The molecule has 1 aliphatic rings. The first-order valence-electron chi connectivity index (χ1n) is 4.87. The van der Waals surface area contributed by atoms with E-state index in [1.165, 1.54) is 0 Å². The van der Waals surface area contributed by atoms with Gasteiger partial charge < -0.3 is 15.1 Å². The summed E-state index contributed by atoms with van der Waals surface area (Å²) in [7, 11) is 0. The minimum atomic E-state index is -0.161. The van der Waals surface area contributed by atoms with E-state index in [2.05, 4.69) is 11.8 Å². The summed E-state index contributed by atoms with van der Waals surface area (Å²) in [6.45, 7) is 5.22. The van der Waals surface area contributed by atoms with Crippen molar-refractivity contribution >= 4 is 11.8 Å². The first kappa shape index (κ1) is 11.3. The maximum absolute atomic E-state index is 9.67. The van der Waals surface area contributed by atoms with Crippen molar-refractivity contribution in [2.75, 3.05) is 37.7 Å². The maximum atomic E-state index is 9.67. The fraction of sp³-hybridized carbons (Fsp3) is 1.00. The highest BCUT2D eigenvalue weighted by Crippen LogP contribution is 2.20. The molecule has 1 fully saturated rings. The highest BCUT2D eigenvalue weighted by Gasteiger charge is 2.29. The van der Waals surface area contributed by atoms with Gasteiger partial charge in [0.15, 0.2) is 0 Å². The molecule has 78 valence electrons. The number of nitrogens with zero attached hydrogens (tertiary/aromatic N) is 1. The number of β-amino-alcohol motifs (C(OH)–C–C–N with tert-alkyl or cyclic N) is 1. The first-order valence-corrected chi connectivity index (χ1v) is 6.02. The zero-order valence-electron chi connectivity index (χ0n) is 8.15. The summed E-state index contributed by atoms with van der Waals surface area (Å²) < 4.78 is 0. The quantitative estimate of drug-likeness (QED) is 0.621. The van der Waals surface area contributed by atoms with Crippen LogP contribution in [0.2, 0.25) is 0 Å². The zero-order chi connectivity index (χ0) is 9.68. The topological polar surface area (TPSA) is 43.7 Å². The Balaban J connectivity index is 2.18. The summed E-state index contributed by atoms with van der Waals surface area (Å²) >= 11 is 1.73. The van der Waals surface area contributed by atoms with Gasteiger partial charge in [0.05, 0.1) is 12.7 Å². The van der Waals surface area contributed by atoms with Gasteiger partial charge in [0, 0.05) is 24.8 Å². The molecule has 13 heavy (non-hydrogen) atoms. The lowest BCUT2D eigenvalue weighted by atomic mass is 10.1. The molecule has 3 nitrogen and oxygen atoms in total. The minimum absolute atomic E-state index is 0.161. The number of likely N-dealkylation sites (tertiary alicyclic amines) is 1. The van der Waals surface area contributed by atoms with Crippen LogP contribution in [0, 0.1) is 5.92 Å². The Morgan fingerprint density at radius 2 is 2.23 bits per heavy atom. The van der Waals surface area contributed by atoms with E-state index >= 15 is 0 Å². The number of likely N-dealkylation sites (N-methyl/N-ethyl adjacent to an activating group) is 1. The van der Waals surface area contributed by atoms with Crippen LogP contribution >= 0.6 is 11.8 Å². The van der Waals surface area contributed by atoms with E-state index in [9.17, 15) is 5.11 Å². The van der Waals surface area contributed by atoms with E-state index in [-0.39, 0.29) is 12.7 Å². The molecule has 0 aromatic heterocycles. The van der Waals surface area contributed by atoms with Gasteiger partial charge in [0.25, 0.3) is 0 Å². The standard InChI is InChI=1S/C9H19NO2S/c1-2-10-5-8(9(12)6-10)7-13-4-3-11/h8-9,11-12H,2-7H2,1H3/t8-,9+/m0/s1. The van der Waals surface area contributed by atoms with Gasteiger partial charge in [0.2, 0.25) is 0 Å². The SMILES string of the molecule is CCN1C[C@@H](CSCCO)[C@H](O)C1. The molecule has 1 aliphatic heterocycles. The van der Waals surface area contributed by atoms with Crippen molar-refractivity contribution in [3.05, 3.63) is 0 Å². The van der Waals surface area contributed by atoms with Crippen LogP contribution in [0.4, 0.5) is 0 Å². The van der Waals surface area contributed by atoms with E-state index in [4.69, 9.17) is 5.11 Å². The third kappa shape index (κ3) is 3.46. The Morgan fingerprint density at radius 3 is 2.77 bits per heavy atom. The van der Waals surface area contributed by atoms with Crippen LogP contribution in [-0.2, 0) is 0 Å². The molecule has 1 heterocycles. The average Bonchev–Trinajstić information content (AvgIpc) is 2.48. The van der Waals surface area contributed by atoms with Gasteiger partial charge in [-0.25, -0.2) is 0 Å². The van der Waals surface area contributed by atoms with Crippen LogP contribution in [0.3, 0.4) is 0 Å². The summed E-state index contributed by atoms with van der Waals surface area (Å²) in [5.74, 6) is 2.16. The number of aliphatic hydroxyl groups is 2. The lowest BCUT2D eigenvalue weighted by molar-refractivity contribution is 0.150. The smallest absolute Gasteiger partial charge is 0.0715 e. The normalized spacial score (nSPS) is 29.8. The molecule has 4 heteroatoms. The van der Waals surface area contributed by atoms with Crippen LogP contribution in [-0.4, -0.2) is 59.0 Å². The fourth-order valence-corrected chi connectivity index (χ4v) is 2.59. The lowest BCUT2D eigenvalue weighted by Crippen LogP contribution is -2.21. The average molecular weight is 205 g/mol. The van der Waals surface area contributed by atoms with Gasteiger partial charge in [-0.3, -0.25) is 0 Å². The molecule has 2 N–H and O–H groups in total. The van der Waals surface area contributed by atoms with Crippen LogP contribution in [0.5, 0.6) is 0 Å². The van der Waals surface area contributed by atoms with Crippen LogP contribution in [0.25, 0.3) is 0 Å². The predicted molar refractivity (Wildman–Crippen MR) is 56.0 cm³/mol. The Hall–Kier alpha value is 0.230. The van der Waals surface area contributed by atoms with Crippen molar-refractivity contribution in [1.29, 1.82) is 0 Å². The Morgan fingerprint density at radius 1 is 1.46 bits per heavy atom. The second-order valence-electron chi connectivity index (χ2n) is 3.48. The summed E-state index contributed by atoms with van der Waals surface area (Å²) in [5.41, 5.74) is 0. The summed E-state index contributed by atoms with van der Waals surface area (Å²) in [6.07, 6.45) is -0.161. The van der Waals surface area contributed by atoms with Crippen LogP contribution in [0.15, 0.2) is 0 Å². The number of hydrogen-bond donors (Lipinski definition) is 2. The number of hydrogen-bond acceptors (Lipinski definition) is 4. The molecule has 0 spiro atoms. The Labute approximate surface area is 84.1 Å². The fourth-order valence-electron chi connectivity index (χ4n) is 1.66. The van der Waals surface area contributed by atoms with E-state index < -0.39 is 0 Å². The second kappa shape index (κ2) is 5.86. The van der Waals surface area contributed by atoms with Gasteiger partial charge in [-0.05, 0) is 12.3 Å². The molecular weight excluding hydrogens is 186 g/mol. The zero-order valence-corrected chi connectivity index (χ0v) is 8.96. The monoisotopic (exact) mass is 205 g/mol. The van der Waals surface area contributed by atoms with Crippen molar-refractivity contribution in [1.82, 2.24) is 4.90 Å². The molecule has 0 radical (unpaired) electrons. The van der Waals surface area contributed by atoms with E-state index in [0.717, 1.165) is 31.1 Å². The van der Waals surface area contributed by atoms with Crippen molar-refractivity contribution in [2.45, 2.75) is 13.0 Å². The third-order valence-electron chi connectivity index (χ3n) is 2.50. The van der Waals surface area contributed by atoms with Crippen molar-refractivity contribution < 1.29 is 10.2 Å². The lowest BCUT2D eigenvalue weighted by Gasteiger charge is -2.12. The van der Waals surface area contributed by atoms with Gasteiger partial charge in [-0.1, -0.05) is 6.92 Å². The highest BCUT2D eigenvalue weighted by atomic mass is 32.2. The van der Waals surface area contributed by atoms with Gasteiger partial charge in [0.1, 0.15) is 0 Å². The molecule has 1 saturated heterocycles. The van der Waals surface area contributed by atoms with Gasteiger partial charge >= 0.3 is 0 Å². The Kier molecular flexibility index (Phi) is 5.09. The third-order valence-corrected chi connectivity index (χ3v) is 3.63. The highest BCUT2D eigenvalue weighted by molar-refractivity contribution is 7.99. The molecule has 0 aliphatic carbocycles. The van der Waals surface area contributed by atoms with Crippen molar-refractivity contribution in [3.8, 4) is 0 Å². The second-order valence-corrected chi connectivity index (χ2v) is 4.63. The minimum Gasteiger partial charge on any atom is -0.396 e. The van der Waals surface area contributed by atoms with E-state index in [0.29, 0.717) is 5.92 Å². The molecule has 0 amide bonds. The molecule has 1 rings (SSSR count). The summed E-state index contributed by atoms with van der Waals surface area (Å²) in [4.78, 5) is 2.27. The maximum Gasteiger partial charge on any atom is 0.0715 e. The van der Waals surface area contributed by atoms with Crippen molar-refractivity contribution in [2.24, 2.45) is 5.92 Å². The number of rotatable bonds is 5. The predicted octanol–water partition coefficient (Wildman–Crippen LogP) is 0.0245. The number of thioether (sulfide) groups is 1.